The fourth-order valence-corrected chi connectivity index (χ4v) is 3.18. The lowest BCUT2D eigenvalue weighted by Gasteiger charge is -2.37. The molecule has 0 N–H and O–H groups in total. The molecular formula is C18H25N3O4. The molecule has 0 saturated carbocycles. The fourth-order valence-electron chi connectivity index (χ4n) is 3.18. The van der Waals surface area contributed by atoms with Crippen LogP contribution in [0.2, 0.25) is 0 Å². The summed E-state index contributed by atoms with van der Waals surface area (Å²) >= 11 is 0. The maximum Gasteiger partial charge on any atom is 0.252 e. The number of hydrogen-bond acceptors (Lipinski definition) is 6. The number of furan rings is 1. The predicted octanol–water partition coefficient (Wildman–Crippen LogP) is 3.05. The van der Waals surface area contributed by atoms with Crippen molar-refractivity contribution in [1.82, 2.24) is 15.0 Å². The molecule has 0 radical (unpaired) electrons. The molecular weight excluding hydrogens is 322 g/mol. The van der Waals surface area contributed by atoms with E-state index in [1.54, 1.807) is 6.92 Å². The molecule has 7 nitrogen and oxygen atoms in total. The highest BCUT2D eigenvalue weighted by molar-refractivity contribution is 5.78. The van der Waals surface area contributed by atoms with Gasteiger partial charge >= 0.3 is 0 Å². The summed E-state index contributed by atoms with van der Waals surface area (Å²) in [6.45, 7) is 6.87. The van der Waals surface area contributed by atoms with Crippen LogP contribution in [0, 0.1) is 12.8 Å². The van der Waals surface area contributed by atoms with Gasteiger partial charge in [0.05, 0.1) is 6.04 Å². The van der Waals surface area contributed by atoms with Crippen LogP contribution in [-0.2, 0) is 22.6 Å². The van der Waals surface area contributed by atoms with Gasteiger partial charge in [0.15, 0.2) is 5.82 Å². The summed E-state index contributed by atoms with van der Waals surface area (Å²) in [6, 6.07) is 3.96. The highest BCUT2D eigenvalue weighted by atomic mass is 16.5. The minimum Gasteiger partial charge on any atom is -0.464 e. The maximum absolute atomic E-state index is 12.7. The summed E-state index contributed by atoms with van der Waals surface area (Å²) in [5, 5.41) is 3.70. The topological polar surface area (TPSA) is 81.6 Å². The second-order valence-electron chi connectivity index (χ2n) is 6.62. The summed E-state index contributed by atoms with van der Waals surface area (Å²) in [6.07, 6.45) is 2.75. The Bertz CT molecular complexity index is 709. The third-order valence-electron chi connectivity index (χ3n) is 4.57. The van der Waals surface area contributed by atoms with Gasteiger partial charge in [0.25, 0.3) is 5.89 Å². The van der Waals surface area contributed by atoms with E-state index < -0.39 is 0 Å². The van der Waals surface area contributed by atoms with E-state index >= 15 is 0 Å². The fraction of sp³-hybridized carbons (Fsp3) is 0.611. The van der Waals surface area contributed by atoms with Gasteiger partial charge < -0.3 is 18.6 Å². The Balaban J connectivity index is 1.61. The first-order chi connectivity index (χ1) is 12.1. The van der Waals surface area contributed by atoms with E-state index in [1.807, 2.05) is 17.0 Å². The standard InChI is InChI=1S/C18H25N3O4/c1-4-14-5-6-16(24-14)15-9-12(2)7-8-21(15)18(22)11-23-10-17-19-13(3)20-25-17/h5-6,12,15H,4,7-11H2,1-3H3/t12-,15+/m0/s1. The first kappa shape index (κ1) is 17.7. The minimum absolute atomic E-state index is 0.00630. The van der Waals surface area contributed by atoms with Gasteiger partial charge in [-0.3, -0.25) is 4.79 Å². The second kappa shape index (κ2) is 7.82. The van der Waals surface area contributed by atoms with Crippen LogP contribution >= 0.6 is 0 Å². The number of nitrogens with zero attached hydrogens (tertiary/aromatic N) is 3. The molecule has 3 rings (SSSR count). The molecule has 0 spiro atoms. The molecule has 1 aliphatic rings. The third-order valence-corrected chi connectivity index (χ3v) is 4.57. The van der Waals surface area contributed by atoms with Gasteiger partial charge in [-0.15, -0.1) is 0 Å². The third kappa shape index (κ3) is 4.28. The van der Waals surface area contributed by atoms with Crippen LogP contribution in [0.3, 0.4) is 0 Å². The van der Waals surface area contributed by atoms with Gasteiger partial charge in [-0.1, -0.05) is 19.0 Å². The first-order valence-electron chi connectivity index (χ1n) is 8.81. The Morgan fingerprint density at radius 2 is 2.28 bits per heavy atom. The number of hydrogen-bond donors (Lipinski definition) is 0. The Morgan fingerprint density at radius 3 is 2.96 bits per heavy atom. The van der Waals surface area contributed by atoms with Gasteiger partial charge in [0.2, 0.25) is 5.91 Å². The normalized spacial score (nSPS) is 20.8. The van der Waals surface area contributed by atoms with Gasteiger partial charge in [0.1, 0.15) is 24.7 Å². The monoisotopic (exact) mass is 347 g/mol. The molecule has 2 aromatic heterocycles. The van der Waals surface area contributed by atoms with Gasteiger partial charge in [0, 0.05) is 13.0 Å². The summed E-state index contributed by atoms with van der Waals surface area (Å²) in [5.74, 6) is 3.27. The average Bonchev–Trinajstić information content (AvgIpc) is 3.23. The van der Waals surface area contributed by atoms with Crippen molar-refractivity contribution in [2.45, 2.75) is 52.7 Å². The molecule has 136 valence electrons. The van der Waals surface area contributed by atoms with E-state index in [0.29, 0.717) is 17.6 Å². The van der Waals surface area contributed by atoms with E-state index in [1.165, 1.54) is 0 Å². The summed E-state index contributed by atoms with van der Waals surface area (Å²) in [5.41, 5.74) is 0. The van der Waals surface area contributed by atoms with Crippen LogP contribution in [0.4, 0.5) is 0 Å². The molecule has 1 aliphatic heterocycles. The lowest BCUT2D eigenvalue weighted by atomic mass is 9.91. The van der Waals surface area contributed by atoms with Crippen LogP contribution in [0.25, 0.3) is 0 Å². The van der Waals surface area contributed by atoms with Crippen molar-refractivity contribution in [2.75, 3.05) is 13.2 Å². The van der Waals surface area contributed by atoms with Crippen molar-refractivity contribution in [1.29, 1.82) is 0 Å². The van der Waals surface area contributed by atoms with Crippen LogP contribution in [-0.4, -0.2) is 34.1 Å². The zero-order valence-corrected chi connectivity index (χ0v) is 15.0. The molecule has 1 fully saturated rings. The van der Waals surface area contributed by atoms with Crippen molar-refractivity contribution < 1.29 is 18.5 Å². The highest BCUT2D eigenvalue weighted by Gasteiger charge is 2.33. The van der Waals surface area contributed by atoms with Crippen LogP contribution < -0.4 is 0 Å². The van der Waals surface area contributed by atoms with Crippen LogP contribution in [0.5, 0.6) is 0 Å². The van der Waals surface area contributed by atoms with Gasteiger partial charge in [-0.05, 0) is 37.8 Å². The Morgan fingerprint density at radius 1 is 1.44 bits per heavy atom. The lowest BCUT2D eigenvalue weighted by Crippen LogP contribution is -2.42. The van der Waals surface area contributed by atoms with E-state index in [9.17, 15) is 4.79 Å². The van der Waals surface area contributed by atoms with Crippen molar-refractivity contribution >= 4 is 5.91 Å². The van der Waals surface area contributed by atoms with Crippen LogP contribution in [0.1, 0.15) is 56.0 Å². The molecule has 0 bridgehead atoms. The Kier molecular flexibility index (Phi) is 5.53. The van der Waals surface area contributed by atoms with E-state index in [-0.39, 0.29) is 25.2 Å². The zero-order chi connectivity index (χ0) is 17.8. The maximum atomic E-state index is 12.7. The number of ether oxygens (including phenoxy) is 1. The Labute approximate surface area is 147 Å². The minimum atomic E-state index is -0.0393. The number of amides is 1. The first-order valence-corrected chi connectivity index (χ1v) is 8.81. The van der Waals surface area contributed by atoms with Crippen molar-refractivity contribution in [2.24, 2.45) is 5.92 Å². The number of carbonyl (C=O) groups excluding carboxylic acids is 1. The number of piperidine rings is 1. The van der Waals surface area contributed by atoms with Crippen molar-refractivity contribution in [3.63, 3.8) is 0 Å². The number of carbonyl (C=O) groups is 1. The molecule has 0 aliphatic carbocycles. The predicted molar refractivity (Wildman–Crippen MR) is 89.6 cm³/mol. The molecule has 7 heteroatoms. The second-order valence-corrected chi connectivity index (χ2v) is 6.62. The molecule has 3 heterocycles. The number of aromatic nitrogens is 2. The molecule has 25 heavy (non-hydrogen) atoms. The van der Waals surface area contributed by atoms with Gasteiger partial charge in [-0.25, -0.2) is 0 Å². The van der Waals surface area contributed by atoms with E-state index in [4.69, 9.17) is 13.7 Å². The highest BCUT2D eigenvalue weighted by Crippen LogP contribution is 2.35. The van der Waals surface area contributed by atoms with Gasteiger partial charge in [-0.2, -0.15) is 4.98 Å². The van der Waals surface area contributed by atoms with E-state index in [2.05, 4.69) is 24.0 Å². The molecule has 1 saturated heterocycles. The number of aryl methyl sites for hydroxylation is 2. The SMILES string of the molecule is CCc1ccc([C@H]2C[C@@H](C)CCN2C(=O)COCc2nc(C)no2)o1. The molecule has 2 atom stereocenters. The lowest BCUT2D eigenvalue weighted by molar-refractivity contribution is -0.142. The summed E-state index contributed by atoms with van der Waals surface area (Å²) in [7, 11) is 0. The van der Waals surface area contributed by atoms with Crippen molar-refractivity contribution in [3.05, 3.63) is 35.4 Å². The van der Waals surface area contributed by atoms with Crippen molar-refractivity contribution in [3.8, 4) is 0 Å². The average molecular weight is 347 g/mol. The molecule has 0 unspecified atom stereocenters. The Hall–Kier alpha value is -2.15. The molecule has 2 aromatic rings. The zero-order valence-electron chi connectivity index (χ0n) is 15.0. The van der Waals surface area contributed by atoms with E-state index in [0.717, 1.165) is 37.3 Å². The largest absolute Gasteiger partial charge is 0.464 e. The summed E-state index contributed by atoms with van der Waals surface area (Å²) < 4.78 is 16.4. The van der Waals surface area contributed by atoms with Crippen LogP contribution in [0.15, 0.2) is 21.1 Å². The summed E-state index contributed by atoms with van der Waals surface area (Å²) in [4.78, 5) is 18.6. The molecule has 0 aromatic carbocycles. The number of likely N-dealkylation sites (tertiary alicyclic amines) is 1. The number of rotatable bonds is 6. The smallest absolute Gasteiger partial charge is 0.252 e. The quantitative estimate of drug-likeness (QED) is 0.799. The molecule has 1 amide bonds.